The van der Waals surface area contributed by atoms with Crippen LogP contribution >= 0.6 is 0 Å². The zero-order valence-corrected chi connectivity index (χ0v) is 13.4. The molecule has 0 aliphatic rings. The topological polar surface area (TPSA) is 35.5 Å². The molecule has 0 heterocycles. The Morgan fingerprint density at radius 1 is 0.731 bits per heavy atom. The van der Waals surface area contributed by atoms with Gasteiger partial charge in [0.25, 0.3) is 0 Å². The molecule has 26 heavy (non-hydrogen) atoms. The van der Waals surface area contributed by atoms with Gasteiger partial charge in [0, 0.05) is 10.8 Å². The zero-order valence-electron chi connectivity index (χ0n) is 13.4. The second kappa shape index (κ2) is 6.44. The molecule has 0 radical (unpaired) electrons. The summed E-state index contributed by atoms with van der Waals surface area (Å²) in [5.41, 5.74) is 0. The van der Waals surface area contributed by atoms with E-state index < -0.39 is 17.8 Å². The molecule has 0 N–H and O–H groups in total. The average Bonchev–Trinajstić information content (AvgIpc) is 2.65. The molecule has 0 spiro atoms. The molecule has 0 fully saturated rings. The molecule has 0 aliphatic carbocycles. The fraction of sp³-hybridized carbons (Fsp3) is 0. The number of rotatable bonds is 2. The maximum Gasteiger partial charge on any atom is 0.519 e. The highest BCUT2D eigenvalue weighted by Crippen LogP contribution is 2.37. The van der Waals surface area contributed by atoms with Gasteiger partial charge in [0.2, 0.25) is 0 Å². The highest BCUT2D eigenvalue weighted by molar-refractivity contribution is 6.06. The molecule has 0 aliphatic heterocycles. The van der Waals surface area contributed by atoms with Gasteiger partial charge in [0.15, 0.2) is 5.75 Å². The number of para-hydroxylation sites is 1. The maximum atomic E-state index is 14.4. The highest BCUT2D eigenvalue weighted by atomic mass is 19.1. The van der Waals surface area contributed by atoms with Gasteiger partial charge in [-0.05, 0) is 35.7 Å². The normalized spacial score (nSPS) is 10.8. The standard InChI is InChI=1S/C21H12F2O3/c22-17-10-11-18(23)19-16(17)12-13-6-4-5-9-15(13)20(19)26-21(24)25-14-7-2-1-3-8-14/h1-12H. The van der Waals surface area contributed by atoms with Crippen molar-refractivity contribution in [1.82, 2.24) is 0 Å². The molecule has 0 atom stereocenters. The Kier molecular flexibility index (Phi) is 3.97. The van der Waals surface area contributed by atoms with E-state index in [4.69, 9.17) is 9.47 Å². The van der Waals surface area contributed by atoms with Gasteiger partial charge in [-0.3, -0.25) is 0 Å². The Balaban J connectivity index is 1.86. The number of fused-ring (bicyclic) bond motifs is 2. The maximum absolute atomic E-state index is 14.4. The Bertz CT molecular complexity index is 1120. The van der Waals surface area contributed by atoms with Crippen molar-refractivity contribution in [1.29, 1.82) is 0 Å². The van der Waals surface area contributed by atoms with Crippen molar-refractivity contribution in [3.05, 3.63) is 84.4 Å². The molecule has 0 saturated carbocycles. The van der Waals surface area contributed by atoms with Crippen molar-refractivity contribution < 1.29 is 23.0 Å². The smallest absolute Gasteiger partial charge is 0.395 e. The van der Waals surface area contributed by atoms with Gasteiger partial charge in [-0.25, -0.2) is 13.6 Å². The third-order valence-electron chi connectivity index (χ3n) is 4.00. The lowest BCUT2D eigenvalue weighted by atomic mass is 10.0. The molecule has 3 nitrogen and oxygen atoms in total. The third-order valence-corrected chi connectivity index (χ3v) is 4.00. The Labute approximate surface area is 147 Å². The van der Waals surface area contributed by atoms with Crippen LogP contribution in [0.1, 0.15) is 0 Å². The Morgan fingerprint density at radius 3 is 2.23 bits per heavy atom. The second-order valence-corrected chi connectivity index (χ2v) is 5.65. The van der Waals surface area contributed by atoms with E-state index in [1.807, 2.05) is 0 Å². The minimum absolute atomic E-state index is 0.0335. The van der Waals surface area contributed by atoms with Gasteiger partial charge < -0.3 is 9.47 Å². The predicted molar refractivity (Wildman–Crippen MR) is 94.5 cm³/mol. The molecular formula is C21H12F2O3. The molecular weight excluding hydrogens is 338 g/mol. The lowest BCUT2D eigenvalue weighted by molar-refractivity contribution is 0.153. The first-order valence-corrected chi connectivity index (χ1v) is 7.87. The summed E-state index contributed by atoms with van der Waals surface area (Å²) in [6, 6.07) is 18.8. The molecule has 0 unspecified atom stereocenters. The van der Waals surface area contributed by atoms with E-state index in [1.54, 1.807) is 54.6 Å². The van der Waals surface area contributed by atoms with Crippen LogP contribution in [-0.4, -0.2) is 6.16 Å². The van der Waals surface area contributed by atoms with Crippen LogP contribution in [0.15, 0.2) is 72.8 Å². The molecule has 0 amide bonds. The quantitative estimate of drug-likeness (QED) is 0.258. The SMILES string of the molecule is O=C(Oc1ccccc1)Oc1c2ccccc2cc2c(F)ccc(F)c12. The molecule has 4 aromatic rings. The van der Waals surface area contributed by atoms with E-state index in [9.17, 15) is 13.6 Å². The lowest BCUT2D eigenvalue weighted by Gasteiger charge is -2.13. The first-order valence-electron chi connectivity index (χ1n) is 7.87. The molecule has 0 bridgehead atoms. The van der Waals surface area contributed by atoms with Crippen LogP contribution in [0, 0.1) is 11.6 Å². The number of ether oxygens (including phenoxy) is 2. The molecule has 0 aromatic heterocycles. The summed E-state index contributed by atoms with van der Waals surface area (Å²) in [6.45, 7) is 0. The summed E-state index contributed by atoms with van der Waals surface area (Å²) in [5, 5.41) is 1.03. The first kappa shape index (κ1) is 16.0. The minimum atomic E-state index is -1.03. The summed E-state index contributed by atoms with van der Waals surface area (Å²) >= 11 is 0. The lowest BCUT2D eigenvalue weighted by Crippen LogP contribution is -2.14. The fourth-order valence-corrected chi connectivity index (χ4v) is 2.85. The van der Waals surface area contributed by atoms with Gasteiger partial charge >= 0.3 is 6.16 Å². The van der Waals surface area contributed by atoms with Crippen molar-refractivity contribution >= 4 is 27.7 Å². The van der Waals surface area contributed by atoms with E-state index in [-0.39, 0.29) is 22.3 Å². The summed E-state index contributed by atoms with van der Waals surface area (Å²) in [5.74, 6) is -1.08. The van der Waals surface area contributed by atoms with Gasteiger partial charge in [0.05, 0.1) is 5.39 Å². The van der Waals surface area contributed by atoms with Crippen LogP contribution in [0.25, 0.3) is 21.5 Å². The average molecular weight is 350 g/mol. The van der Waals surface area contributed by atoms with Crippen LogP contribution in [0.5, 0.6) is 11.5 Å². The van der Waals surface area contributed by atoms with Crippen LogP contribution in [0.2, 0.25) is 0 Å². The molecule has 0 saturated heterocycles. The Morgan fingerprint density at radius 2 is 1.42 bits per heavy atom. The van der Waals surface area contributed by atoms with E-state index in [0.29, 0.717) is 10.8 Å². The highest BCUT2D eigenvalue weighted by Gasteiger charge is 2.19. The van der Waals surface area contributed by atoms with Crippen molar-refractivity contribution in [2.24, 2.45) is 0 Å². The van der Waals surface area contributed by atoms with Crippen molar-refractivity contribution in [3.63, 3.8) is 0 Å². The van der Waals surface area contributed by atoms with Gasteiger partial charge in [0.1, 0.15) is 17.4 Å². The number of hydrogen-bond donors (Lipinski definition) is 0. The van der Waals surface area contributed by atoms with Crippen LogP contribution in [0.4, 0.5) is 13.6 Å². The molecule has 5 heteroatoms. The van der Waals surface area contributed by atoms with Crippen LogP contribution in [-0.2, 0) is 0 Å². The molecule has 4 rings (SSSR count). The molecule has 128 valence electrons. The zero-order chi connectivity index (χ0) is 18.1. The van der Waals surface area contributed by atoms with E-state index >= 15 is 0 Å². The number of carbonyl (C=O) groups excluding carboxylic acids is 1. The summed E-state index contributed by atoms with van der Waals surface area (Å²) in [7, 11) is 0. The number of benzene rings is 4. The van der Waals surface area contributed by atoms with E-state index in [2.05, 4.69) is 0 Å². The predicted octanol–water partition coefficient (Wildman–Crippen LogP) is 5.85. The van der Waals surface area contributed by atoms with Gasteiger partial charge in [-0.1, -0.05) is 42.5 Å². The van der Waals surface area contributed by atoms with Crippen molar-refractivity contribution in [2.75, 3.05) is 0 Å². The van der Waals surface area contributed by atoms with Crippen molar-refractivity contribution in [2.45, 2.75) is 0 Å². The first-order chi connectivity index (χ1) is 12.6. The fourth-order valence-electron chi connectivity index (χ4n) is 2.85. The summed E-state index contributed by atoms with van der Waals surface area (Å²) < 4.78 is 39.1. The third kappa shape index (κ3) is 2.84. The summed E-state index contributed by atoms with van der Waals surface area (Å²) in [6.07, 6.45) is -1.03. The second-order valence-electron chi connectivity index (χ2n) is 5.65. The van der Waals surface area contributed by atoms with Crippen molar-refractivity contribution in [3.8, 4) is 11.5 Å². The monoisotopic (exact) mass is 350 g/mol. The van der Waals surface area contributed by atoms with E-state index in [0.717, 1.165) is 12.1 Å². The molecule has 4 aromatic carbocycles. The van der Waals surface area contributed by atoms with Crippen LogP contribution < -0.4 is 9.47 Å². The minimum Gasteiger partial charge on any atom is -0.395 e. The summed E-state index contributed by atoms with van der Waals surface area (Å²) in [4.78, 5) is 12.2. The number of carbonyl (C=O) groups is 1. The van der Waals surface area contributed by atoms with Crippen LogP contribution in [0.3, 0.4) is 0 Å². The van der Waals surface area contributed by atoms with E-state index in [1.165, 1.54) is 6.07 Å². The number of halogens is 2. The Hall–Kier alpha value is -3.47. The van der Waals surface area contributed by atoms with Gasteiger partial charge in [-0.2, -0.15) is 0 Å². The number of hydrogen-bond acceptors (Lipinski definition) is 3. The van der Waals surface area contributed by atoms with Gasteiger partial charge in [-0.15, -0.1) is 0 Å². The largest absolute Gasteiger partial charge is 0.519 e.